The molecule has 1 saturated heterocycles. The lowest BCUT2D eigenvalue weighted by atomic mass is 9.94. The van der Waals surface area contributed by atoms with E-state index in [2.05, 4.69) is 5.32 Å². The molecule has 9 heteroatoms. The van der Waals surface area contributed by atoms with Crippen LogP contribution in [0.1, 0.15) is 45.2 Å². The van der Waals surface area contributed by atoms with Crippen LogP contribution >= 0.6 is 0 Å². The number of hydrogen-bond donors (Lipinski definition) is 1. The predicted octanol–water partition coefficient (Wildman–Crippen LogP) is 2.25. The number of carbonyl (C=O) groups excluding carboxylic acids is 4. The summed E-state index contributed by atoms with van der Waals surface area (Å²) in [6, 6.07) is 2.52. The van der Waals surface area contributed by atoms with Crippen molar-refractivity contribution in [3.63, 3.8) is 0 Å². The highest BCUT2D eigenvalue weighted by Gasteiger charge is 2.58. The van der Waals surface area contributed by atoms with Crippen molar-refractivity contribution in [3.8, 4) is 0 Å². The van der Waals surface area contributed by atoms with Gasteiger partial charge in [0.2, 0.25) is 11.5 Å². The molecule has 150 valence electrons. The number of benzene rings is 1. The molecule has 1 atom stereocenters. The molecule has 1 aliphatic heterocycles. The fourth-order valence-electron chi connectivity index (χ4n) is 3.45. The van der Waals surface area contributed by atoms with Crippen molar-refractivity contribution in [2.75, 3.05) is 11.9 Å². The second kappa shape index (κ2) is 6.57. The van der Waals surface area contributed by atoms with Crippen molar-refractivity contribution >= 4 is 29.6 Å². The van der Waals surface area contributed by atoms with Crippen molar-refractivity contribution in [2.45, 2.75) is 51.7 Å². The first-order valence-corrected chi connectivity index (χ1v) is 8.80. The van der Waals surface area contributed by atoms with Gasteiger partial charge in [-0.3, -0.25) is 14.4 Å². The lowest BCUT2D eigenvalue weighted by Gasteiger charge is -2.22. The number of carbonyl (C=O) groups is 4. The molecular formula is C19H21FN2O6. The van der Waals surface area contributed by atoms with E-state index < -0.39 is 47.4 Å². The maximum atomic E-state index is 14.4. The van der Waals surface area contributed by atoms with Crippen LogP contribution in [0.5, 0.6) is 0 Å². The lowest BCUT2D eigenvalue weighted by molar-refractivity contribution is -0.157. The van der Waals surface area contributed by atoms with E-state index in [1.54, 1.807) is 20.8 Å². The number of rotatable bonds is 3. The van der Waals surface area contributed by atoms with Crippen molar-refractivity contribution < 1.29 is 33.0 Å². The van der Waals surface area contributed by atoms with Crippen LogP contribution in [0.15, 0.2) is 12.1 Å². The molecular weight excluding hydrogens is 371 g/mol. The van der Waals surface area contributed by atoms with E-state index in [-0.39, 0.29) is 17.7 Å². The zero-order valence-electron chi connectivity index (χ0n) is 16.1. The second-order valence-corrected chi connectivity index (χ2v) is 7.84. The zero-order chi connectivity index (χ0) is 20.9. The van der Waals surface area contributed by atoms with Crippen molar-refractivity contribution in [1.82, 2.24) is 4.90 Å². The van der Waals surface area contributed by atoms with Crippen LogP contribution in [-0.2, 0) is 35.9 Å². The van der Waals surface area contributed by atoms with Crippen molar-refractivity contribution in [3.05, 3.63) is 29.1 Å². The monoisotopic (exact) mass is 392 g/mol. The molecule has 1 N–H and O–H groups in total. The van der Waals surface area contributed by atoms with Gasteiger partial charge >= 0.3 is 12.1 Å². The van der Waals surface area contributed by atoms with E-state index in [1.807, 2.05) is 0 Å². The Morgan fingerprint density at radius 2 is 2.00 bits per heavy atom. The lowest BCUT2D eigenvalue weighted by Crippen LogP contribution is -2.41. The smallest absolute Gasteiger partial charge is 0.418 e. The van der Waals surface area contributed by atoms with Gasteiger partial charge in [-0.2, -0.15) is 0 Å². The predicted molar refractivity (Wildman–Crippen MR) is 94.7 cm³/mol. The van der Waals surface area contributed by atoms with Gasteiger partial charge in [0.15, 0.2) is 0 Å². The van der Waals surface area contributed by atoms with Crippen molar-refractivity contribution in [1.29, 1.82) is 0 Å². The van der Waals surface area contributed by atoms with Gasteiger partial charge < -0.3 is 14.8 Å². The van der Waals surface area contributed by atoms with Crippen LogP contribution in [0, 0.1) is 5.82 Å². The topological polar surface area (TPSA) is 102 Å². The van der Waals surface area contributed by atoms with Crippen LogP contribution in [-0.4, -0.2) is 40.9 Å². The van der Waals surface area contributed by atoms with Gasteiger partial charge in [-0.25, -0.2) is 14.1 Å². The van der Waals surface area contributed by atoms with Crippen molar-refractivity contribution in [2.24, 2.45) is 0 Å². The van der Waals surface area contributed by atoms with Crippen LogP contribution in [0.4, 0.5) is 14.9 Å². The highest BCUT2D eigenvalue weighted by Crippen LogP contribution is 2.46. The number of nitrogens with zero attached hydrogens (tertiary/aromatic N) is 1. The summed E-state index contributed by atoms with van der Waals surface area (Å²) in [4.78, 5) is 49.2. The molecule has 1 aliphatic carbocycles. The average Bonchev–Trinajstić information content (AvgIpc) is 2.99. The van der Waals surface area contributed by atoms with E-state index >= 15 is 0 Å². The van der Waals surface area contributed by atoms with Gasteiger partial charge in [-0.05, 0) is 44.9 Å². The van der Waals surface area contributed by atoms with Crippen LogP contribution in [0.3, 0.4) is 0 Å². The highest BCUT2D eigenvalue weighted by molar-refractivity contribution is 6.06. The molecule has 1 aromatic rings. The molecule has 0 aromatic heterocycles. The SMILES string of the molecule is CC(=O)Nc1cc2c(cc1F)C1(CC2)OC(=O)N(CC(=O)OC(C)(C)C)C1=O. The molecule has 2 aliphatic rings. The summed E-state index contributed by atoms with van der Waals surface area (Å²) in [6.45, 7) is 5.67. The summed E-state index contributed by atoms with van der Waals surface area (Å²) in [5, 5.41) is 2.38. The molecule has 3 amide bonds. The van der Waals surface area contributed by atoms with E-state index in [1.165, 1.54) is 13.0 Å². The fourth-order valence-corrected chi connectivity index (χ4v) is 3.45. The maximum absolute atomic E-state index is 14.4. The average molecular weight is 392 g/mol. The third-order valence-corrected chi connectivity index (χ3v) is 4.46. The molecule has 0 saturated carbocycles. The standard InChI is InChI=1S/C19H21FN2O6/c1-10(23)21-14-7-11-5-6-19(12(11)8-13(14)20)16(25)22(17(26)28-19)9-15(24)27-18(2,3)4/h7-8H,5-6,9H2,1-4H3,(H,21,23). The minimum atomic E-state index is -1.66. The number of amides is 3. The van der Waals surface area contributed by atoms with Gasteiger partial charge in [0.25, 0.3) is 5.91 Å². The number of halogens is 1. The minimum absolute atomic E-state index is 0.00863. The van der Waals surface area contributed by atoms with E-state index in [9.17, 15) is 23.6 Å². The Bertz CT molecular complexity index is 891. The van der Waals surface area contributed by atoms with Gasteiger partial charge in [-0.15, -0.1) is 0 Å². The summed E-state index contributed by atoms with van der Waals surface area (Å²) in [5.74, 6) is -2.66. The van der Waals surface area contributed by atoms with Gasteiger partial charge in [0.1, 0.15) is 18.0 Å². The summed E-state index contributed by atoms with van der Waals surface area (Å²) in [6.07, 6.45) is -0.502. The molecule has 8 nitrogen and oxygen atoms in total. The highest BCUT2D eigenvalue weighted by atomic mass is 19.1. The molecule has 1 fully saturated rings. The Morgan fingerprint density at radius 3 is 2.61 bits per heavy atom. The normalized spacial score (nSPS) is 21.0. The molecule has 1 unspecified atom stereocenters. The number of nitrogens with one attached hydrogen (secondary N) is 1. The second-order valence-electron chi connectivity index (χ2n) is 7.84. The Kier molecular flexibility index (Phi) is 4.64. The third-order valence-electron chi connectivity index (χ3n) is 4.46. The fraction of sp³-hybridized carbons (Fsp3) is 0.474. The van der Waals surface area contributed by atoms with Crippen LogP contribution in [0.25, 0.3) is 0 Å². The molecule has 1 spiro atoms. The Balaban J connectivity index is 1.89. The van der Waals surface area contributed by atoms with Crippen LogP contribution in [0.2, 0.25) is 0 Å². The van der Waals surface area contributed by atoms with Gasteiger partial charge in [0.05, 0.1) is 5.69 Å². The van der Waals surface area contributed by atoms with E-state index in [0.29, 0.717) is 16.9 Å². The van der Waals surface area contributed by atoms with E-state index in [0.717, 1.165) is 6.07 Å². The van der Waals surface area contributed by atoms with E-state index in [4.69, 9.17) is 9.47 Å². The Hall–Kier alpha value is -2.97. The quantitative estimate of drug-likeness (QED) is 0.792. The molecule has 1 heterocycles. The number of anilines is 1. The minimum Gasteiger partial charge on any atom is -0.459 e. The summed E-state index contributed by atoms with van der Waals surface area (Å²) < 4.78 is 24.9. The van der Waals surface area contributed by atoms with Gasteiger partial charge in [0, 0.05) is 18.9 Å². The Labute approximate surface area is 161 Å². The number of esters is 1. The number of aryl methyl sites for hydroxylation is 1. The number of hydrogen-bond acceptors (Lipinski definition) is 6. The summed E-state index contributed by atoms with van der Waals surface area (Å²) >= 11 is 0. The third kappa shape index (κ3) is 3.44. The summed E-state index contributed by atoms with van der Waals surface area (Å²) in [5.41, 5.74) is -1.63. The first-order chi connectivity index (χ1) is 12.9. The number of ether oxygens (including phenoxy) is 2. The molecule has 28 heavy (non-hydrogen) atoms. The molecule has 0 bridgehead atoms. The number of imide groups is 1. The van der Waals surface area contributed by atoms with Crippen LogP contribution < -0.4 is 5.32 Å². The number of fused-ring (bicyclic) bond motifs is 2. The van der Waals surface area contributed by atoms with Gasteiger partial charge in [-0.1, -0.05) is 0 Å². The first-order valence-electron chi connectivity index (χ1n) is 8.80. The maximum Gasteiger partial charge on any atom is 0.418 e. The zero-order valence-corrected chi connectivity index (χ0v) is 16.1. The molecule has 1 aromatic carbocycles. The largest absolute Gasteiger partial charge is 0.459 e. The Morgan fingerprint density at radius 1 is 1.32 bits per heavy atom. The summed E-state index contributed by atoms with van der Waals surface area (Å²) in [7, 11) is 0. The molecule has 3 rings (SSSR count). The molecule has 0 radical (unpaired) electrons. The first kappa shape index (κ1) is 19.8.